The second-order valence-corrected chi connectivity index (χ2v) is 7.79. The van der Waals surface area contributed by atoms with Crippen LogP contribution in [0.5, 0.6) is 0 Å². The maximum absolute atomic E-state index is 2.28. The Bertz CT molecular complexity index is 1280. The molecule has 30 heavy (non-hydrogen) atoms. The van der Waals surface area contributed by atoms with E-state index >= 15 is 0 Å². The molecule has 0 heterocycles. The third kappa shape index (κ3) is 3.31. The van der Waals surface area contributed by atoms with E-state index in [1.165, 1.54) is 49.7 Å². The van der Waals surface area contributed by atoms with Crippen molar-refractivity contribution in [2.24, 2.45) is 0 Å². The number of fused-ring (bicyclic) bond motifs is 1. The van der Waals surface area contributed by atoms with E-state index < -0.39 is 0 Å². The first kappa shape index (κ1) is 18.4. The minimum atomic E-state index is 0.918. The Morgan fingerprint density at radius 1 is 0.467 bits per heavy atom. The quantitative estimate of drug-likeness (QED) is 0.294. The molecule has 0 aliphatic rings. The molecule has 0 N–H and O–H groups in total. The van der Waals surface area contributed by atoms with Crippen LogP contribution in [0.2, 0.25) is 0 Å². The average Bonchev–Trinajstić information content (AvgIpc) is 2.82. The summed E-state index contributed by atoms with van der Waals surface area (Å²) in [6, 6.07) is 41.3. The molecule has 5 aromatic carbocycles. The first-order chi connectivity index (χ1) is 14.8. The SMILES string of the molecule is Cc1c(Cc2ccccc2)c(-c2ccccc2)c(-c2ccccc2)c2ccccc12. The maximum atomic E-state index is 2.28. The molecule has 144 valence electrons. The first-order valence-corrected chi connectivity index (χ1v) is 10.5. The van der Waals surface area contributed by atoms with Crippen LogP contribution in [0.25, 0.3) is 33.0 Å². The van der Waals surface area contributed by atoms with Gasteiger partial charge in [-0.25, -0.2) is 0 Å². The van der Waals surface area contributed by atoms with Crippen LogP contribution in [0.1, 0.15) is 16.7 Å². The Hall–Kier alpha value is -3.64. The molecule has 0 nitrogen and oxygen atoms in total. The molecule has 0 spiro atoms. The molecule has 0 aromatic heterocycles. The third-order valence-corrected chi connectivity index (χ3v) is 5.95. The lowest BCUT2D eigenvalue weighted by molar-refractivity contribution is 1.17. The van der Waals surface area contributed by atoms with Gasteiger partial charge in [-0.3, -0.25) is 0 Å². The lowest BCUT2D eigenvalue weighted by Gasteiger charge is -2.22. The molecule has 0 radical (unpaired) electrons. The lowest BCUT2D eigenvalue weighted by atomic mass is 9.81. The van der Waals surface area contributed by atoms with E-state index in [0.29, 0.717) is 0 Å². The Morgan fingerprint density at radius 2 is 0.933 bits per heavy atom. The zero-order valence-electron chi connectivity index (χ0n) is 17.2. The highest BCUT2D eigenvalue weighted by Crippen LogP contribution is 2.43. The van der Waals surface area contributed by atoms with E-state index in [2.05, 4.69) is 122 Å². The molecule has 0 saturated heterocycles. The Kier molecular flexibility index (Phi) is 4.91. The van der Waals surface area contributed by atoms with Crippen LogP contribution in [0.3, 0.4) is 0 Å². The van der Waals surface area contributed by atoms with Gasteiger partial charge in [0.2, 0.25) is 0 Å². The fourth-order valence-electron chi connectivity index (χ4n) is 4.51. The largest absolute Gasteiger partial charge is 0.0622 e. The normalized spacial score (nSPS) is 11.0. The van der Waals surface area contributed by atoms with Gasteiger partial charge in [0.05, 0.1) is 0 Å². The molecular formula is C30H24. The topological polar surface area (TPSA) is 0 Å². The summed E-state index contributed by atoms with van der Waals surface area (Å²) in [5.41, 5.74) is 9.33. The summed E-state index contributed by atoms with van der Waals surface area (Å²) in [6.07, 6.45) is 0.918. The van der Waals surface area contributed by atoms with Crippen molar-refractivity contribution < 1.29 is 0 Å². The molecule has 5 rings (SSSR count). The van der Waals surface area contributed by atoms with Crippen LogP contribution in [0, 0.1) is 6.92 Å². The van der Waals surface area contributed by atoms with Gasteiger partial charge in [-0.05, 0) is 63.1 Å². The van der Waals surface area contributed by atoms with Gasteiger partial charge in [0.15, 0.2) is 0 Å². The standard InChI is InChI=1S/C30H24/c1-22-26-19-11-12-20-27(26)29(24-15-7-3-8-16-24)30(25-17-9-4-10-18-25)28(22)21-23-13-5-2-6-14-23/h2-20H,21H2,1H3. The van der Waals surface area contributed by atoms with Gasteiger partial charge in [-0.15, -0.1) is 0 Å². The van der Waals surface area contributed by atoms with Gasteiger partial charge in [0, 0.05) is 0 Å². The molecule has 0 unspecified atom stereocenters. The van der Waals surface area contributed by atoms with Crippen molar-refractivity contribution >= 4 is 10.8 Å². The minimum absolute atomic E-state index is 0.918. The zero-order chi connectivity index (χ0) is 20.3. The number of rotatable bonds is 4. The molecule has 0 aliphatic heterocycles. The van der Waals surface area contributed by atoms with Gasteiger partial charge < -0.3 is 0 Å². The summed E-state index contributed by atoms with van der Waals surface area (Å²) in [6.45, 7) is 2.28. The highest BCUT2D eigenvalue weighted by atomic mass is 14.2. The Labute approximate surface area is 178 Å². The third-order valence-electron chi connectivity index (χ3n) is 5.95. The second kappa shape index (κ2) is 8.00. The van der Waals surface area contributed by atoms with E-state index in [-0.39, 0.29) is 0 Å². The molecule has 0 amide bonds. The van der Waals surface area contributed by atoms with Crippen LogP contribution < -0.4 is 0 Å². The van der Waals surface area contributed by atoms with E-state index in [4.69, 9.17) is 0 Å². The highest BCUT2D eigenvalue weighted by Gasteiger charge is 2.19. The summed E-state index contributed by atoms with van der Waals surface area (Å²) < 4.78 is 0. The number of hydrogen-bond donors (Lipinski definition) is 0. The number of hydrogen-bond acceptors (Lipinski definition) is 0. The predicted octanol–water partition coefficient (Wildman–Crippen LogP) is 8.07. The number of aryl methyl sites for hydroxylation is 1. The molecule has 0 saturated carbocycles. The van der Waals surface area contributed by atoms with Gasteiger partial charge in [-0.2, -0.15) is 0 Å². The summed E-state index contributed by atoms with van der Waals surface area (Å²) in [4.78, 5) is 0. The van der Waals surface area contributed by atoms with E-state index in [9.17, 15) is 0 Å². The van der Waals surface area contributed by atoms with Crippen molar-refractivity contribution in [1.29, 1.82) is 0 Å². The smallest absolute Gasteiger partial charge is 0.00165 e. The second-order valence-electron chi connectivity index (χ2n) is 7.79. The van der Waals surface area contributed by atoms with Crippen molar-refractivity contribution in [3.8, 4) is 22.3 Å². The highest BCUT2D eigenvalue weighted by molar-refractivity contribution is 6.07. The molecule has 5 aromatic rings. The van der Waals surface area contributed by atoms with E-state index in [1.54, 1.807) is 0 Å². The Morgan fingerprint density at radius 3 is 1.53 bits per heavy atom. The fraction of sp³-hybridized carbons (Fsp3) is 0.0667. The summed E-state index contributed by atoms with van der Waals surface area (Å²) >= 11 is 0. The van der Waals surface area contributed by atoms with Gasteiger partial charge in [0.25, 0.3) is 0 Å². The van der Waals surface area contributed by atoms with Crippen molar-refractivity contribution in [2.75, 3.05) is 0 Å². The van der Waals surface area contributed by atoms with Gasteiger partial charge in [-0.1, -0.05) is 115 Å². The lowest BCUT2D eigenvalue weighted by Crippen LogP contribution is -2.01. The van der Waals surface area contributed by atoms with Crippen LogP contribution >= 0.6 is 0 Å². The Balaban J connectivity index is 1.91. The average molecular weight is 385 g/mol. The van der Waals surface area contributed by atoms with Crippen molar-refractivity contribution in [2.45, 2.75) is 13.3 Å². The van der Waals surface area contributed by atoms with Crippen molar-refractivity contribution in [1.82, 2.24) is 0 Å². The maximum Gasteiger partial charge on any atom is -0.00165 e. The molecule has 0 fully saturated rings. The molecule has 0 aliphatic carbocycles. The van der Waals surface area contributed by atoms with Crippen molar-refractivity contribution in [3.05, 3.63) is 132 Å². The van der Waals surface area contributed by atoms with Gasteiger partial charge >= 0.3 is 0 Å². The van der Waals surface area contributed by atoms with Crippen LogP contribution in [-0.2, 0) is 6.42 Å². The molecule has 0 heteroatoms. The monoisotopic (exact) mass is 384 g/mol. The molecule has 0 bridgehead atoms. The van der Waals surface area contributed by atoms with Gasteiger partial charge in [0.1, 0.15) is 0 Å². The van der Waals surface area contributed by atoms with E-state index in [0.717, 1.165) is 6.42 Å². The number of benzene rings is 5. The van der Waals surface area contributed by atoms with Crippen molar-refractivity contribution in [3.63, 3.8) is 0 Å². The predicted molar refractivity (Wildman–Crippen MR) is 129 cm³/mol. The fourth-order valence-corrected chi connectivity index (χ4v) is 4.51. The molecule has 0 atom stereocenters. The minimum Gasteiger partial charge on any atom is -0.0622 e. The summed E-state index contributed by atoms with van der Waals surface area (Å²) in [5, 5.41) is 2.65. The zero-order valence-corrected chi connectivity index (χ0v) is 17.2. The van der Waals surface area contributed by atoms with Crippen LogP contribution in [0.4, 0.5) is 0 Å². The first-order valence-electron chi connectivity index (χ1n) is 10.5. The molecular weight excluding hydrogens is 360 g/mol. The van der Waals surface area contributed by atoms with Crippen LogP contribution in [-0.4, -0.2) is 0 Å². The summed E-state index contributed by atoms with van der Waals surface area (Å²) in [5.74, 6) is 0. The van der Waals surface area contributed by atoms with Crippen LogP contribution in [0.15, 0.2) is 115 Å². The summed E-state index contributed by atoms with van der Waals surface area (Å²) in [7, 11) is 0. The van der Waals surface area contributed by atoms with E-state index in [1.807, 2.05) is 0 Å².